The molecule has 1 amide bonds. The van der Waals surface area contributed by atoms with Gasteiger partial charge in [0, 0.05) is 38.2 Å². The van der Waals surface area contributed by atoms with Gasteiger partial charge in [-0.15, -0.1) is 4.40 Å². The molecule has 2 aliphatic rings. The minimum Gasteiger partial charge on any atom is -0.354 e. The van der Waals surface area contributed by atoms with Crippen LogP contribution in [0.15, 0.2) is 40.3 Å². The molecule has 1 fully saturated rings. The number of hydrogen-bond donors (Lipinski definition) is 0. The zero-order chi connectivity index (χ0) is 18.7. The van der Waals surface area contributed by atoms with Crippen molar-refractivity contribution < 1.29 is 13.2 Å². The van der Waals surface area contributed by atoms with E-state index in [1.165, 1.54) is 0 Å². The Labute approximate surface area is 155 Å². The Morgan fingerprint density at radius 2 is 1.85 bits per heavy atom. The van der Waals surface area contributed by atoms with E-state index in [9.17, 15) is 13.2 Å². The Morgan fingerprint density at radius 1 is 1.12 bits per heavy atom. The van der Waals surface area contributed by atoms with Crippen LogP contribution in [0.4, 0.5) is 0 Å². The van der Waals surface area contributed by atoms with Crippen molar-refractivity contribution in [2.75, 3.05) is 26.2 Å². The molecule has 0 aromatic heterocycles. The molecule has 1 aromatic carbocycles. The van der Waals surface area contributed by atoms with Crippen molar-refractivity contribution in [2.45, 2.75) is 33.1 Å². The van der Waals surface area contributed by atoms with Crippen molar-refractivity contribution in [3.8, 4) is 0 Å². The Morgan fingerprint density at radius 3 is 2.54 bits per heavy atom. The first-order valence-electron chi connectivity index (χ1n) is 9.08. The Hall–Kier alpha value is -2.15. The zero-order valence-electron chi connectivity index (χ0n) is 15.3. The third-order valence-electron chi connectivity index (χ3n) is 4.79. The second-order valence-electron chi connectivity index (χ2n) is 6.68. The normalized spacial score (nSPS) is 20.2. The SMILES string of the molecule is CCCC(=O)N1CCCN(C2=NS(=O)(=O)C(c3ccccc3)=C2C)CC1. The fourth-order valence-corrected chi connectivity index (χ4v) is 5.01. The van der Waals surface area contributed by atoms with E-state index in [-0.39, 0.29) is 10.8 Å². The van der Waals surface area contributed by atoms with E-state index in [0.717, 1.165) is 12.8 Å². The van der Waals surface area contributed by atoms with Crippen molar-refractivity contribution in [3.63, 3.8) is 0 Å². The number of carbonyl (C=O) groups excluding carboxylic acids is 1. The molecule has 2 heterocycles. The highest BCUT2D eigenvalue weighted by Crippen LogP contribution is 2.33. The molecule has 0 atom stereocenters. The zero-order valence-corrected chi connectivity index (χ0v) is 16.1. The fourth-order valence-electron chi connectivity index (χ4n) is 3.52. The highest BCUT2D eigenvalue weighted by molar-refractivity contribution is 8.00. The summed E-state index contributed by atoms with van der Waals surface area (Å²) >= 11 is 0. The van der Waals surface area contributed by atoms with Gasteiger partial charge in [0.2, 0.25) is 5.91 Å². The summed E-state index contributed by atoms with van der Waals surface area (Å²) in [5.41, 5.74) is 1.35. The number of amidine groups is 1. The maximum atomic E-state index is 12.6. The van der Waals surface area contributed by atoms with E-state index < -0.39 is 10.0 Å². The van der Waals surface area contributed by atoms with Gasteiger partial charge in [0.25, 0.3) is 10.0 Å². The van der Waals surface area contributed by atoms with E-state index >= 15 is 0 Å². The van der Waals surface area contributed by atoms with E-state index in [2.05, 4.69) is 4.40 Å². The minimum atomic E-state index is -3.69. The van der Waals surface area contributed by atoms with Gasteiger partial charge in [-0.1, -0.05) is 37.3 Å². The van der Waals surface area contributed by atoms with Gasteiger partial charge < -0.3 is 9.80 Å². The lowest BCUT2D eigenvalue weighted by atomic mass is 10.1. The van der Waals surface area contributed by atoms with E-state index in [1.54, 1.807) is 12.1 Å². The van der Waals surface area contributed by atoms with Crippen LogP contribution in [-0.2, 0) is 14.8 Å². The van der Waals surface area contributed by atoms with Crippen LogP contribution in [0.1, 0.15) is 38.7 Å². The van der Waals surface area contributed by atoms with Gasteiger partial charge in [0.15, 0.2) is 0 Å². The predicted molar refractivity (Wildman–Crippen MR) is 103 cm³/mol. The molecular formula is C19H25N3O3S. The molecule has 0 aliphatic carbocycles. The maximum absolute atomic E-state index is 12.6. The van der Waals surface area contributed by atoms with Crippen LogP contribution in [0, 0.1) is 0 Å². The average molecular weight is 375 g/mol. The van der Waals surface area contributed by atoms with Crippen LogP contribution in [0.25, 0.3) is 4.91 Å². The van der Waals surface area contributed by atoms with Gasteiger partial charge in [-0.3, -0.25) is 4.79 Å². The van der Waals surface area contributed by atoms with Gasteiger partial charge in [0.05, 0.1) is 0 Å². The van der Waals surface area contributed by atoms with Crippen LogP contribution >= 0.6 is 0 Å². The van der Waals surface area contributed by atoms with E-state index in [1.807, 2.05) is 41.8 Å². The number of amides is 1. The third-order valence-corrected chi connectivity index (χ3v) is 6.26. The average Bonchev–Trinajstić information content (AvgIpc) is 2.78. The predicted octanol–water partition coefficient (Wildman–Crippen LogP) is 2.49. The second kappa shape index (κ2) is 7.61. The molecule has 0 unspecified atom stereocenters. The summed E-state index contributed by atoms with van der Waals surface area (Å²) in [5, 5.41) is 0. The summed E-state index contributed by atoms with van der Waals surface area (Å²) in [5.74, 6) is 0.696. The Kier molecular flexibility index (Phi) is 5.46. The molecule has 0 N–H and O–H groups in total. The topological polar surface area (TPSA) is 70.1 Å². The molecule has 0 spiro atoms. The van der Waals surface area contributed by atoms with Crippen LogP contribution in [0.3, 0.4) is 0 Å². The number of benzene rings is 1. The molecule has 0 saturated carbocycles. The number of rotatable bonds is 3. The monoisotopic (exact) mass is 375 g/mol. The molecule has 2 aliphatic heterocycles. The summed E-state index contributed by atoms with van der Waals surface area (Å²) in [4.78, 5) is 16.3. The van der Waals surface area contributed by atoms with Gasteiger partial charge in [-0.05, 0) is 25.3 Å². The molecule has 6 nitrogen and oxygen atoms in total. The standard InChI is InChI=1S/C19H25N3O3S/c1-3-8-17(23)21-11-7-12-22(14-13-21)19-15(2)18(26(24,25)20-19)16-9-5-4-6-10-16/h4-6,9-10H,3,7-8,11-14H2,1-2H3. The number of nitrogens with zero attached hydrogens (tertiary/aromatic N) is 3. The van der Waals surface area contributed by atoms with Crippen LogP contribution in [-0.4, -0.2) is 56.1 Å². The minimum absolute atomic E-state index is 0.174. The first-order valence-corrected chi connectivity index (χ1v) is 10.5. The Balaban J connectivity index is 1.84. The van der Waals surface area contributed by atoms with Gasteiger partial charge in [-0.25, -0.2) is 0 Å². The first-order chi connectivity index (χ1) is 12.4. The maximum Gasteiger partial charge on any atom is 0.285 e. The van der Waals surface area contributed by atoms with Gasteiger partial charge in [-0.2, -0.15) is 8.42 Å². The molecular weight excluding hydrogens is 350 g/mol. The molecule has 26 heavy (non-hydrogen) atoms. The largest absolute Gasteiger partial charge is 0.354 e. The highest BCUT2D eigenvalue weighted by Gasteiger charge is 2.34. The smallest absolute Gasteiger partial charge is 0.285 e. The number of carbonyl (C=O) groups is 1. The van der Waals surface area contributed by atoms with Crippen LogP contribution < -0.4 is 0 Å². The summed E-state index contributed by atoms with van der Waals surface area (Å²) in [6, 6.07) is 9.10. The molecule has 0 bridgehead atoms. The molecule has 140 valence electrons. The summed E-state index contributed by atoms with van der Waals surface area (Å²) in [7, 11) is -3.69. The lowest BCUT2D eigenvalue weighted by Gasteiger charge is -2.23. The summed E-state index contributed by atoms with van der Waals surface area (Å²) in [6.45, 7) is 6.43. The van der Waals surface area contributed by atoms with Crippen molar-refractivity contribution >= 4 is 26.7 Å². The Bertz CT molecular complexity index is 844. The van der Waals surface area contributed by atoms with Gasteiger partial charge in [0.1, 0.15) is 10.7 Å². The van der Waals surface area contributed by atoms with Crippen molar-refractivity contribution in [3.05, 3.63) is 41.5 Å². The quantitative estimate of drug-likeness (QED) is 0.814. The summed E-state index contributed by atoms with van der Waals surface area (Å²) < 4.78 is 29.3. The lowest BCUT2D eigenvalue weighted by Crippen LogP contribution is -2.37. The summed E-state index contributed by atoms with van der Waals surface area (Å²) in [6.07, 6.45) is 2.21. The number of hydrogen-bond acceptors (Lipinski definition) is 4. The highest BCUT2D eigenvalue weighted by atomic mass is 32.2. The molecule has 3 rings (SSSR count). The van der Waals surface area contributed by atoms with Crippen molar-refractivity contribution in [1.82, 2.24) is 9.80 Å². The fraction of sp³-hybridized carbons (Fsp3) is 0.474. The van der Waals surface area contributed by atoms with Crippen LogP contribution in [0.2, 0.25) is 0 Å². The van der Waals surface area contributed by atoms with Crippen molar-refractivity contribution in [2.24, 2.45) is 4.40 Å². The third kappa shape index (κ3) is 3.67. The van der Waals surface area contributed by atoms with E-state index in [0.29, 0.717) is 49.6 Å². The molecule has 1 aromatic rings. The van der Waals surface area contributed by atoms with Crippen LogP contribution in [0.5, 0.6) is 0 Å². The van der Waals surface area contributed by atoms with E-state index in [4.69, 9.17) is 0 Å². The lowest BCUT2D eigenvalue weighted by molar-refractivity contribution is -0.131. The molecule has 0 radical (unpaired) electrons. The number of sulfonamides is 1. The molecule has 1 saturated heterocycles. The second-order valence-corrected chi connectivity index (χ2v) is 8.22. The first kappa shape index (κ1) is 18.6. The van der Waals surface area contributed by atoms with Crippen molar-refractivity contribution in [1.29, 1.82) is 0 Å². The van der Waals surface area contributed by atoms with Gasteiger partial charge >= 0.3 is 0 Å². The molecule has 7 heteroatoms.